The molecule has 0 aliphatic heterocycles. The fourth-order valence-corrected chi connectivity index (χ4v) is 2.89. The van der Waals surface area contributed by atoms with Gasteiger partial charge in [0.15, 0.2) is 5.82 Å². The number of nitrogens with zero attached hydrogens (tertiary/aromatic N) is 4. The first kappa shape index (κ1) is 17.4. The number of aliphatic imine (C=N–C) groups is 1. The van der Waals surface area contributed by atoms with Crippen molar-refractivity contribution in [2.75, 3.05) is 7.11 Å². The van der Waals surface area contributed by atoms with Gasteiger partial charge in [-0.3, -0.25) is 14.5 Å². The van der Waals surface area contributed by atoms with Gasteiger partial charge in [-0.15, -0.1) is 0 Å². The number of rotatable bonds is 5. The number of methoxy groups -OCH3 is 1. The van der Waals surface area contributed by atoms with Crippen molar-refractivity contribution in [2.45, 2.75) is 0 Å². The van der Waals surface area contributed by atoms with Gasteiger partial charge in [0, 0.05) is 30.1 Å². The van der Waals surface area contributed by atoms with Crippen molar-refractivity contribution in [3.8, 4) is 17.0 Å². The molecule has 0 radical (unpaired) electrons. The molecule has 2 aromatic heterocycles. The summed E-state index contributed by atoms with van der Waals surface area (Å²) in [6, 6.07) is 19.6. The first-order valence-electron chi connectivity index (χ1n) is 8.56. The van der Waals surface area contributed by atoms with Gasteiger partial charge in [-0.2, -0.15) is 0 Å². The lowest BCUT2D eigenvalue weighted by molar-refractivity contribution is -0.384. The summed E-state index contributed by atoms with van der Waals surface area (Å²) in [6.45, 7) is 0. The molecule has 0 fully saturated rings. The highest BCUT2D eigenvalue weighted by molar-refractivity contribution is 5.85. The highest BCUT2D eigenvalue weighted by Gasteiger charge is 2.15. The molecular weight excluding hydrogens is 356 g/mol. The second-order valence-electron chi connectivity index (χ2n) is 6.05. The third-order valence-electron chi connectivity index (χ3n) is 4.29. The maximum absolute atomic E-state index is 11.1. The molecule has 2 aromatic carbocycles. The van der Waals surface area contributed by atoms with Gasteiger partial charge in [0.2, 0.25) is 0 Å². The predicted octanol–water partition coefficient (Wildman–Crippen LogP) is 4.67. The van der Waals surface area contributed by atoms with E-state index in [1.807, 2.05) is 53.1 Å². The number of pyridine rings is 1. The molecule has 4 aromatic rings. The number of aromatic nitrogens is 2. The Morgan fingerprint density at radius 1 is 1.11 bits per heavy atom. The molecule has 4 rings (SSSR count). The van der Waals surface area contributed by atoms with Gasteiger partial charge < -0.3 is 4.74 Å². The maximum atomic E-state index is 11.1. The topological polar surface area (TPSA) is 82.0 Å². The van der Waals surface area contributed by atoms with Crippen LogP contribution < -0.4 is 4.74 Å². The van der Waals surface area contributed by atoms with E-state index in [4.69, 9.17) is 4.74 Å². The van der Waals surface area contributed by atoms with Crippen molar-refractivity contribution in [3.63, 3.8) is 0 Å². The Morgan fingerprint density at radius 3 is 2.68 bits per heavy atom. The number of nitro groups is 1. The minimum Gasteiger partial charge on any atom is -0.497 e. The third kappa shape index (κ3) is 3.33. The normalized spacial score (nSPS) is 11.2. The van der Waals surface area contributed by atoms with E-state index >= 15 is 0 Å². The number of imidazole rings is 1. The fraction of sp³-hybridized carbons (Fsp3) is 0.0476. The highest BCUT2D eigenvalue weighted by atomic mass is 16.6. The molecule has 28 heavy (non-hydrogen) atoms. The number of ether oxygens (including phenoxy) is 1. The SMILES string of the molecule is COc1ccc(C=Nc2c(-c3cccc([N+](=O)[O-])c3)nc3ccccn23)cc1. The lowest BCUT2D eigenvalue weighted by Crippen LogP contribution is -1.89. The van der Waals surface area contributed by atoms with E-state index in [2.05, 4.69) is 9.98 Å². The van der Waals surface area contributed by atoms with Gasteiger partial charge in [0.25, 0.3) is 5.69 Å². The van der Waals surface area contributed by atoms with Crippen LogP contribution in [0.5, 0.6) is 5.75 Å². The Labute approximate surface area is 160 Å². The highest BCUT2D eigenvalue weighted by Crippen LogP contribution is 2.32. The van der Waals surface area contributed by atoms with Crippen LogP contribution in [-0.2, 0) is 0 Å². The minimum absolute atomic E-state index is 0.0136. The molecule has 138 valence electrons. The van der Waals surface area contributed by atoms with E-state index in [0.717, 1.165) is 11.3 Å². The van der Waals surface area contributed by atoms with Crippen molar-refractivity contribution in [3.05, 3.63) is 88.6 Å². The van der Waals surface area contributed by atoms with E-state index in [0.29, 0.717) is 22.7 Å². The molecule has 0 N–H and O–H groups in total. The van der Waals surface area contributed by atoms with Crippen molar-refractivity contribution < 1.29 is 9.66 Å². The van der Waals surface area contributed by atoms with Crippen LogP contribution in [0.1, 0.15) is 5.56 Å². The lowest BCUT2D eigenvalue weighted by Gasteiger charge is -2.02. The summed E-state index contributed by atoms with van der Waals surface area (Å²) < 4.78 is 7.03. The summed E-state index contributed by atoms with van der Waals surface area (Å²) >= 11 is 0. The zero-order valence-electron chi connectivity index (χ0n) is 15.0. The summed E-state index contributed by atoms with van der Waals surface area (Å²) in [6.07, 6.45) is 3.60. The Bertz CT molecular complexity index is 1180. The quantitative estimate of drug-likeness (QED) is 0.290. The number of hydrogen-bond acceptors (Lipinski definition) is 5. The van der Waals surface area contributed by atoms with Crippen LogP contribution in [0.4, 0.5) is 11.5 Å². The minimum atomic E-state index is -0.417. The van der Waals surface area contributed by atoms with Gasteiger partial charge >= 0.3 is 0 Å². The third-order valence-corrected chi connectivity index (χ3v) is 4.29. The van der Waals surface area contributed by atoms with Gasteiger partial charge in [0.1, 0.15) is 17.1 Å². The van der Waals surface area contributed by atoms with Crippen LogP contribution in [0.3, 0.4) is 0 Å². The number of hydrogen-bond donors (Lipinski definition) is 0. The van der Waals surface area contributed by atoms with Crippen LogP contribution in [0, 0.1) is 10.1 Å². The van der Waals surface area contributed by atoms with Crippen molar-refractivity contribution in [2.24, 2.45) is 4.99 Å². The van der Waals surface area contributed by atoms with Crippen molar-refractivity contribution in [1.29, 1.82) is 0 Å². The number of nitro benzene ring substituents is 1. The molecule has 2 heterocycles. The first-order chi connectivity index (χ1) is 13.7. The van der Waals surface area contributed by atoms with Crippen LogP contribution in [0.15, 0.2) is 77.9 Å². The Hall–Kier alpha value is -4.00. The monoisotopic (exact) mass is 372 g/mol. The lowest BCUT2D eigenvalue weighted by atomic mass is 10.1. The average Bonchev–Trinajstić information content (AvgIpc) is 3.11. The molecule has 7 nitrogen and oxygen atoms in total. The second kappa shape index (κ2) is 7.32. The fourth-order valence-electron chi connectivity index (χ4n) is 2.89. The Balaban J connectivity index is 1.82. The summed E-state index contributed by atoms with van der Waals surface area (Å²) in [5.41, 5.74) is 2.85. The first-order valence-corrected chi connectivity index (χ1v) is 8.56. The van der Waals surface area contributed by atoms with E-state index in [1.54, 1.807) is 25.5 Å². The van der Waals surface area contributed by atoms with Crippen LogP contribution in [-0.4, -0.2) is 27.6 Å². The number of benzene rings is 2. The molecular formula is C21H16N4O3. The molecule has 0 spiro atoms. The van der Waals surface area contributed by atoms with Crippen LogP contribution in [0.2, 0.25) is 0 Å². The van der Waals surface area contributed by atoms with Gasteiger partial charge in [-0.1, -0.05) is 18.2 Å². The van der Waals surface area contributed by atoms with E-state index in [-0.39, 0.29) is 5.69 Å². The summed E-state index contributed by atoms with van der Waals surface area (Å²) in [5, 5.41) is 11.1. The largest absolute Gasteiger partial charge is 0.497 e. The van der Waals surface area contributed by atoms with Gasteiger partial charge in [-0.25, -0.2) is 9.98 Å². The predicted molar refractivity (Wildman–Crippen MR) is 108 cm³/mol. The molecule has 0 aliphatic carbocycles. The Kier molecular flexibility index (Phi) is 4.55. The zero-order chi connectivity index (χ0) is 19.5. The summed E-state index contributed by atoms with van der Waals surface area (Å²) in [5.74, 6) is 1.37. The van der Waals surface area contributed by atoms with Crippen LogP contribution in [0.25, 0.3) is 16.9 Å². The molecule has 0 atom stereocenters. The average molecular weight is 372 g/mol. The zero-order valence-corrected chi connectivity index (χ0v) is 15.0. The van der Waals surface area contributed by atoms with Gasteiger partial charge in [0.05, 0.1) is 12.0 Å². The van der Waals surface area contributed by atoms with E-state index < -0.39 is 4.92 Å². The molecule has 7 heteroatoms. The van der Waals surface area contributed by atoms with Crippen molar-refractivity contribution in [1.82, 2.24) is 9.38 Å². The molecule has 0 unspecified atom stereocenters. The van der Waals surface area contributed by atoms with E-state index in [1.165, 1.54) is 12.1 Å². The van der Waals surface area contributed by atoms with E-state index in [9.17, 15) is 10.1 Å². The standard InChI is InChI=1S/C21H16N4O3/c1-28-18-10-8-15(9-11-18)14-22-21-20(23-19-7-2-3-12-24(19)21)16-5-4-6-17(13-16)25(26)27/h2-14H,1H3. The van der Waals surface area contributed by atoms with Crippen LogP contribution >= 0.6 is 0 Å². The summed E-state index contributed by atoms with van der Waals surface area (Å²) in [7, 11) is 1.62. The molecule has 0 saturated heterocycles. The molecule has 0 aliphatic rings. The van der Waals surface area contributed by atoms with Crippen molar-refractivity contribution >= 4 is 23.4 Å². The number of fused-ring (bicyclic) bond motifs is 1. The summed E-state index contributed by atoms with van der Waals surface area (Å²) in [4.78, 5) is 20.0. The molecule has 0 amide bonds. The number of non-ortho nitro benzene ring substituents is 1. The van der Waals surface area contributed by atoms with Gasteiger partial charge in [-0.05, 0) is 42.0 Å². The Morgan fingerprint density at radius 2 is 1.93 bits per heavy atom. The smallest absolute Gasteiger partial charge is 0.270 e. The second-order valence-corrected chi connectivity index (χ2v) is 6.05. The maximum Gasteiger partial charge on any atom is 0.270 e. The molecule has 0 saturated carbocycles. The molecule has 0 bridgehead atoms.